The summed E-state index contributed by atoms with van der Waals surface area (Å²) in [6.07, 6.45) is 6.22. The Morgan fingerprint density at radius 2 is 1.29 bits per heavy atom. The summed E-state index contributed by atoms with van der Waals surface area (Å²) < 4.78 is 20.8. The van der Waals surface area contributed by atoms with Crippen molar-refractivity contribution in [3.8, 4) is 0 Å². The van der Waals surface area contributed by atoms with Gasteiger partial charge in [-0.1, -0.05) is 32.6 Å². The molecule has 21 heavy (non-hydrogen) atoms. The minimum Gasteiger partial charge on any atom is -0.463 e. The highest BCUT2D eigenvalue weighted by Crippen LogP contribution is 2.05. The SMILES string of the molecule is CCCCCCCC(=O)OCCOCCOCCOCC. The van der Waals surface area contributed by atoms with Gasteiger partial charge < -0.3 is 18.9 Å². The highest BCUT2D eigenvalue weighted by molar-refractivity contribution is 5.69. The van der Waals surface area contributed by atoms with Crippen molar-refractivity contribution in [1.82, 2.24) is 0 Å². The Labute approximate surface area is 129 Å². The van der Waals surface area contributed by atoms with Gasteiger partial charge in [0, 0.05) is 13.0 Å². The van der Waals surface area contributed by atoms with Gasteiger partial charge in [-0.3, -0.25) is 4.79 Å². The molecular weight excluding hydrogens is 272 g/mol. The molecule has 0 saturated carbocycles. The Morgan fingerprint density at radius 3 is 1.90 bits per heavy atom. The van der Waals surface area contributed by atoms with Gasteiger partial charge in [-0.25, -0.2) is 0 Å². The van der Waals surface area contributed by atoms with Crippen molar-refractivity contribution in [1.29, 1.82) is 0 Å². The fourth-order valence-corrected chi connectivity index (χ4v) is 1.74. The summed E-state index contributed by atoms with van der Waals surface area (Å²) in [5.41, 5.74) is 0. The second-order valence-corrected chi connectivity index (χ2v) is 4.81. The summed E-state index contributed by atoms with van der Waals surface area (Å²) in [4.78, 5) is 11.4. The lowest BCUT2D eigenvalue weighted by atomic mass is 10.1. The zero-order valence-electron chi connectivity index (χ0n) is 13.7. The number of esters is 1. The predicted molar refractivity (Wildman–Crippen MR) is 82.5 cm³/mol. The van der Waals surface area contributed by atoms with Crippen LogP contribution < -0.4 is 0 Å². The highest BCUT2D eigenvalue weighted by Gasteiger charge is 2.02. The summed E-state index contributed by atoms with van der Waals surface area (Å²) in [5, 5.41) is 0. The molecule has 0 saturated heterocycles. The van der Waals surface area contributed by atoms with E-state index < -0.39 is 0 Å². The molecule has 0 amide bonds. The first-order chi connectivity index (χ1) is 10.3. The van der Waals surface area contributed by atoms with Crippen LogP contribution in [-0.4, -0.2) is 52.2 Å². The second-order valence-electron chi connectivity index (χ2n) is 4.81. The van der Waals surface area contributed by atoms with E-state index in [0.29, 0.717) is 52.7 Å². The molecule has 0 N–H and O–H groups in total. The van der Waals surface area contributed by atoms with Crippen LogP contribution in [0.1, 0.15) is 52.4 Å². The third-order valence-corrected chi connectivity index (χ3v) is 2.92. The van der Waals surface area contributed by atoms with E-state index >= 15 is 0 Å². The van der Waals surface area contributed by atoms with Crippen LogP contribution in [0.2, 0.25) is 0 Å². The number of hydrogen-bond donors (Lipinski definition) is 0. The lowest BCUT2D eigenvalue weighted by Gasteiger charge is -2.07. The van der Waals surface area contributed by atoms with Crippen molar-refractivity contribution in [2.75, 3.05) is 46.2 Å². The molecule has 5 nitrogen and oxygen atoms in total. The molecule has 0 heterocycles. The van der Waals surface area contributed by atoms with Gasteiger partial charge in [0.15, 0.2) is 0 Å². The van der Waals surface area contributed by atoms with Crippen molar-refractivity contribution in [3.05, 3.63) is 0 Å². The summed E-state index contributed by atoms with van der Waals surface area (Å²) in [6, 6.07) is 0. The Hall–Kier alpha value is -0.650. The first-order valence-electron chi connectivity index (χ1n) is 8.20. The molecule has 0 aromatic heterocycles. The highest BCUT2D eigenvalue weighted by atomic mass is 16.6. The number of unbranched alkanes of at least 4 members (excludes halogenated alkanes) is 4. The van der Waals surface area contributed by atoms with Gasteiger partial charge in [-0.05, 0) is 13.3 Å². The van der Waals surface area contributed by atoms with Crippen molar-refractivity contribution >= 4 is 5.97 Å². The molecule has 126 valence electrons. The Balaban J connectivity index is 3.11. The Morgan fingerprint density at radius 1 is 0.714 bits per heavy atom. The lowest BCUT2D eigenvalue weighted by Crippen LogP contribution is -2.13. The normalized spacial score (nSPS) is 10.8. The van der Waals surface area contributed by atoms with Crippen LogP contribution in [-0.2, 0) is 23.7 Å². The number of ether oxygens (including phenoxy) is 4. The maximum Gasteiger partial charge on any atom is 0.305 e. The average Bonchev–Trinajstić information content (AvgIpc) is 2.49. The van der Waals surface area contributed by atoms with Crippen LogP contribution >= 0.6 is 0 Å². The topological polar surface area (TPSA) is 54.0 Å². The molecule has 0 unspecified atom stereocenters. The smallest absolute Gasteiger partial charge is 0.305 e. The number of hydrogen-bond acceptors (Lipinski definition) is 5. The zero-order chi connectivity index (χ0) is 15.6. The van der Waals surface area contributed by atoms with E-state index in [0.717, 1.165) is 12.8 Å². The minimum absolute atomic E-state index is 0.122. The minimum atomic E-state index is -0.122. The average molecular weight is 304 g/mol. The van der Waals surface area contributed by atoms with Crippen molar-refractivity contribution in [2.24, 2.45) is 0 Å². The van der Waals surface area contributed by atoms with E-state index in [4.69, 9.17) is 18.9 Å². The Kier molecular flexibility index (Phi) is 16.9. The van der Waals surface area contributed by atoms with Gasteiger partial charge in [0.2, 0.25) is 0 Å². The van der Waals surface area contributed by atoms with E-state index in [-0.39, 0.29) is 5.97 Å². The maximum atomic E-state index is 11.4. The van der Waals surface area contributed by atoms with Crippen LogP contribution in [0, 0.1) is 0 Å². The first-order valence-corrected chi connectivity index (χ1v) is 8.20. The molecule has 0 radical (unpaired) electrons. The van der Waals surface area contributed by atoms with Crippen molar-refractivity contribution < 1.29 is 23.7 Å². The molecule has 0 aromatic carbocycles. The Bertz CT molecular complexity index is 221. The predicted octanol–water partition coefficient (Wildman–Crippen LogP) is 2.96. The van der Waals surface area contributed by atoms with Crippen LogP contribution in [0.5, 0.6) is 0 Å². The van der Waals surface area contributed by atoms with Gasteiger partial charge in [0.1, 0.15) is 6.61 Å². The first kappa shape index (κ1) is 20.3. The second kappa shape index (κ2) is 17.4. The van der Waals surface area contributed by atoms with Gasteiger partial charge in [-0.2, -0.15) is 0 Å². The largest absolute Gasteiger partial charge is 0.463 e. The fourth-order valence-electron chi connectivity index (χ4n) is 1.74. The third kappa shape index (κ3) is 17.3. The maximum absolute atomic E-state index is 11.4. The van der Waals surface area contributed by atoms with E-state index in [1.165, 1.54) is 19.3 Å². The van der Waals surface area contributed by atoms with Crippen molar-refractivity contribution in [3.63, 3.8) is 0 Å². The number of carbonyl (C=O) groups is 1. The van der Waals surface area contributed by atoms with Crippen LogP contribution in [0.4, 0.5) is 0 Å². The molecule has 0 aliphatic heterocycles. The fraction of sp³-hybridized carbons (Fsp3) is 0.938. The van der Waals surface area contributed by atoms with E-state index in [1.807, 2.05) is 6.92 Å². The molecule has 0 atom stereocenters. The van der Waals surface area contributed by atoms with Crippen LogP contribution in [0.3, 0.4) is 0 Å². The molecule has 0 spiro atoms. The van der Waals surface area contributed by atoms with Gasteiger partial charge >= 0.3 is 5.97 Å². The summed E-state index contributed by atoms with van der Waals surface area (Å²) in [6.45, 7) is 7.86. The quantitative estimate of drug-likeness (QED) is 0.324. The third-order valence-electron chi connectivity index (χ3n) is 2.92. The molecule has 0 fully saturated rings. The van der Waals surface area contributed by atoms with Crippen LogP contribution in [0.25, 0.3) is 0 Å². The molecule has 0 aliphatic rings. The monoisotopic (exact) mass is 304 g/mol. The summed E-state index contributed by atoms with van der Waals surface area (Å²) in [7, 11) is 0. The van der Waals surface area contributed by atoms with E-state index in [2.05, 4.69) is 6.92 Å². The van der Waals surface area contributed by atoms with E-state index in [1.54, 1.807) is 0 Å². The molecule has 0 aliphatic carbocycles. The van der Waals surface area contributed by atoms with Crippen LogP contribution in [0.15, 0.2) is 0 Å². The molecular formula is C16H32O5. The van der Waals surface area contributed by atoms with Crippen molar-refractivity contribution in [2.45, 2.75) is 52.4 Å². The standard InChI is InChI=1S/C16H32O5/c1-3-5-6-7-8-9-16(17)21-15-14-20-13-12-19-11-10-18-4-2/h3-15H2,1-2H3. The molecule has 0 aromatic rings. The summed E-state index contributed by atoms with van der Waals surface area (Å²) >= 11 is 0. The van der Waals surface area contributed by atoms with Gasteiger partial charge in [0.25, 0.3) is 0 Å². The van der Waals surface area contributed by atoms with Gasteiger partial charge in [0.05, 0.1) is 33.0 Å². The van der Waals surface area contributed by atoms with Gasteiger partial charge in [-0.15, -0.1) is 0 Å². The number of rotatable bonds is 16. The molecule has 0 rings (SSSR count). The zero-order valence-corrected chi connectivity index (χ0v) is 13.7. The molecule has 5 heteroatoms. The summed E-state index contributed by atoms with van der Waals surface area (Å²) in [5.74, 6) is -0.122. The number of carbonyl (C=O) groups excluding carboxylic acids is 1. The molecule has 0 bridgehead atoms. The lowest BCUT2D eigenvalue weighted by molar-refractivity contribution is -0.145. The van der Waals surface area contributed by atoms with E-state index in [9.17, 15) is 4.79 Å².